The van der Waals surface area contributed by atoms with Crippen LogP contribution in [0.5, 0.6) is 0 Å². The number of likely N-dealkylation sites (tertiary alicyclic amines) is 1. The quantitative estimate of drug-likeness (QED) is 0.787. The summed E-state index contributed by atoms with van der Waals surface area (Å²) in [5, 5.41) is 0. The van der Waals surface area contributed by atoms with Gasteiger partial charge in [-0.1, -0.05) is 18.2 Å². The van der Waals surface area contributed by atoms with Gasteiger partial charge in [-0.2, -0.15) is 13.2 Å². The molecule has 3 rings (SSSR count). The third kappa shape index (κ3) is 3.31. The second-order valence-corrected chi connectivity index (χ2v) is 6.30. The molecule has 2 fully saturated rings. The van der Waals surface area contributed by atoms with Crippen LogP contribution in [0, 0.1) is 0 Å². The maximum atomic E-state index is 12.9. The summed E-state index contributed by atoms with van der Waals surface area (Å²) < 4.78 is 38.8. The van der Waals surface area contributed by atoms with Crippen molar-refractivity contribution in [1.29, 1.82) is 0 Å². The first kappa shape index (κ1) is 16.1. The Labute approximate surface area is 134 Å². The van der Waals surface area contributed by atoms with Crippen LogP contribution < -0.4 is 4.90 Å². The zero-order valence-electron chi connectivity index (χ0n) is 12.9. The van der Waals surface area contributed by atoms with Crippen molar-refractivity contribution in [3.8, 4) is 0 Å². The molecule has 0 aliphatic carbocycles. The molecule has 2 heterocycles. The molecule has 2 aliphatic rings. The van der Waals surface area contributed by atoms with E-state index < -0.39 is 12.1 Å². The van der Waals surface area contributed by atoms with Crippen molar-refractivity contribution in [2.24, 2.45) is 0 Å². The van der Waals surface area contributed by atoms with E-state index in [1.165, 1.54) is 0 Å². The average Bonchev–Trinajstić information content (AvgIpc) is 2.76. The Bertz CT molecular complexity index is 547. The maximum absolute atomic E-state index is 12.9. The Morgan fingerprint density at radius 3 is 2.35 bits per heavy atom. The number of fused-ring (bicyclic) bond motifs is 1. The minimum Gasteiger partial charge on any atom is -0.366 e. The van der Waals surface area contributed by atoms with Crippen molar-refractivity contribution in [3.05, 3.63) is 30.3 Å². The van der Waals surface area contributed by atoms with Crippen LogP contribution in [-0.2, 0) is 4.79 Å². The fraction of sp³-hybridized carbons (Fsp3) is 0.588. The highest BCUT2D eigenvalue weighted by molar-refractivity contribution is 5.82. The molecule has 0 spiro atoms. The van der Waals surface area contributed by atoms with Gasteiger partial charge in [0, 0.05) is 24.8 Å². The Hall–Kier alpha value is -1.72. The van der Waals surface area contributed by atoms with Gasteiger partial charge in [-0.25, -0.2) is 0 Å². The number of hydrogen-bond donors (Lipinski definition) is 0. The summed E-state index contributed by atoms with van der Waals surface area (Å²) in [5.74, 6) is -1.68. The topological polar surface area (TPSA) is 23.6 Å². The van der Waals surface area contributed by atoms with Crippen molar-refractivity contribution < 1.29 is 18.0 Å². The lowest BCUT2D eigenvalue weighted by molar-refractivity contribution is -0.188. The fourth-order valence-electron chi connectivity index (χ4n) is 3.90. The lowest BCUT2D eigenvalue weighted by Gasteiger charge is -2.46. The predicted octanol–water partition coefficient (Wildman–Crippen LogP) is 3.60. The molecular formula is C17H21F3N2O. The summed E-state index contributed by atoms with van der Waals surface area (Å²) in [7, 11) is 0. The first-order valence-electron chi connectivity index (χ1n) is 8.18. The number of halogens is 3. The molecule has 126 valence electrons. The Morgan fingerprint density at radius 1 is 0.957 bits per heavy atom. The number of piperidine rings is 1. The lowest BCUT2D eigenvalue weighted by Crippen LogP contribution is -2.58. The summed E-state index contributed by atoms with van der Waals surface area (Å²) in [4.78, 5) is 15.1. The van der Waals surface area contributed by atoms with Gasteiger partial charge >= 0.3 is 12.1 Å². The summed E-state index contributed by atoms with van der Waals surface area (Å²) >= 11 is 0. The van der Waals surface area contributed by atoms with Crippen LogP contribution in [0.2, 0.25) is 0 Å². The normalized spacial score (nSPS) is 25.7. The van der Waals surface area contributed by atoms with Crippen LogP contribution in [0.25, 0.3) is 0 Å². The van der Waals surface area contributed by atoms with E-state index in [1.807, 2.05) is 30.3 Å². The number of rotatable bonds is 1. The third-order valence-corrected chi connectivity index (χ3v) is 4.88. The molecule has 0 bridgehead atoms. The zero-order valence-corrected chi connectivity index (χ0v) is 12.9. The first-order chi connectivity index (χ1) is 11.0. The predicted molar refractivity (Wildman–Crippen MR) is 82.2 cm³/mol. The monoisotopic (exact) mass is 326 g/mol. The number of carbonyl (C=O) groups is 1. The van der Waals surface area contributed by atoms with E-state index in [-0.39, 0.29) is 18.6 Å². The van der Waals surface area contributed by atoms with Crippen molar-refractivity contribution in [2.45, 2.75) is 50.4 Å². The number of carbonyl (C=O) groups excluding carboxylic acids is 1. The van der Waals surface area contributed by atoms with Crippen molar-refractivity contribution in [3.63, 3.8) is 0 Å². The largest absolute Gasteiger partial charge is 0.471 e. The molecule has 1 amide bonds. The summed E-state index contributed by atoms with van der Waals surface area (Å²) in [6, 6.07) is 9.41. The molecule has 3 nitrogen and oxygen atoms in total. The molecule has 0 N–H and O–H groups in total. The Kier molecular flexibility index (Phi) is 4.50. The SMILES string of the molecule is O=C(N1CCCC[C@H]2[C@@H]1CCCN2c1ccccc1)C(F)(F)F. The molecule has 2 atom stereocenters. The minimum atomic E-state index is -4.79. The van der Waals surface area contributed by atoms with Gasteiger partial charge in [-0.3, -0.25) is 4.79 Å². The van der Waals surface area contributed by atoms with E-state index in [0.29, 0.717) is 12.8 Å². The molecule has 23 heavy (non-hydrogen) atoms. The van der Waals surface area contributed by atoms with Gasteiger partial charge in [0.15, 0.2) is 0 Å². The van der Waals surface area contributed by atoms with Crippen LogP contribution >= 0.6 is 0 Å². The second-order valence-electron chi connectivity index (χ2n) is 6.30. The first-order valence-corrected chi connectivity index (χ1v) is 8.18. The van der Waals surface area contributed by atoms with E-state index in [2.05, 4.69) is 4.90 Å². The van der Waals surface area contributed by atoms with Gasteiger partial charge in [-0.05, 0) is 44.2 Å². The van der Waals surface area contributed by atoms with Gasteiger partial charge in [0.05, 0.1) is 6.04 Å². The average molecular weight is 326 g/mol. The van der Waals surface area contributed by atoms with Crippen molar-refractivity contribution >= 4 is 11.6 Å². The third-order valence-electron chi connectivity index (χ3n) is 4.88. The van der Waals surface area contributed by atoms with Gasteiger partial charge in [-0.15, -0.1) is 0 Å². The Morgan fingerprint density at radius 2 is 1.65 bits per heavy atom. The number of alkyl halides is 3. The van der Waals surface area contributed by atoms with E-state index in [1.54, 1.807) is 0 Å². The molecule has 1 aromatic rings. The summed E-state index contributed by atoms with van der Waals surface area (Å²) in [6.45, 7) is 1.04. The molecule has 0 saturated carbocycles. The zero-order chi connectivity index (χ0) is 16.4. The van der Waals surface area contributed by atoms with E-state index >= 15 is 0 Å². The fourth-order valence-corrected chi connectivity index (χ4v) is 3.90. The number of hydrogen-bond acceptors (Lipinski definition) is 2. The van der Waals surface area contributed by atoms with Crippen LogP contribution in [0.3, 0.4) is 0 Å². The highest BCUT2D eigenvalue weighted by atomic mass is 19.4. The van der Waals surface area contributed by atoms with Gasteiger partial charge < -0.3 is 9.80 Å². The maximum Gasteiger partial charge on any atom is 0.471 e. The molecule has 6 heteroatoms. The van der Waals surface area contributed by atoms with Crippen LogP contribution in [-0.4, -0.2) is 42.2 Å². The summed E-state index contributed by atoms with van der Waals surface area (Å²) in [6.07, 6.45) is -1.01. The molecule has 2 saturated heterocycles. The van der Waals surface area contributed by atoms with Crippen LogP contribution in [0.15, 0.2) is 30.3 Å². The van der Waals surface area contributed by atoms with Gasteiger partial charge in [0.25, 0.3) is 0 Å². The smallest absolute Gasteiger partial charge is 0.366 e. The highest BCUT2D eigenvalue weighted by Crippen LogP contribution is 2.34. The standard InChI is InChI=1S/C17H21F3N2O/c18-17(19,20)16(23)22-11-5-4-9-14-15(22)10-6-12-21(14)13-7-2-1-3-8-13/h1-3,7-8,14-15H,4-6,9-12H2/t14-,15-/m0/s1. The van der Waals surface area contributed by atoms with Crippen LogP contribution in [0.1, 0.15) is 32.1 Å². The van der Waals surface area contributed by atoms with Crippen molar-refractivity contribution in [2.75, 3.05) is 18.0 Å². The number of nitrogens with zero attached hydrogens (tertiary/aromatic N) is 2. The number of para-hydroxylation sites is 1. The van der Waals surface area contributed by atoms with Crippen molar-refractivity contribution in [1.82, 2.24) is 4.90 Å². The number of amides is 1. The van der Waals surface area contributed by atoms with E-state index in [0.717, 1.165) is 36.4 Å². The number of benzene rings is 1. The molecule has 0 radical (unpaired) electrons. The highest BCUT2D eigenvalue weighted by Gasteiger charge is 2.48. The van der Waals surface area contributed by atoms with Gasteiger partial charge in [0.1, 0.15) is 0 Å². The molecular weight excluding hydrogens is 305 g/mol. The molecule has 0 aromatic heterocycles. The molecule has 2 aliphatic heterocycles. The molecule has 0 unspecified atom stereocenters. The number of anilines is 1. The lowest BCUT2D eigenvalue weighted by atomic mass is 9.91. The van der Waals surface area contributed by atoms with E-state index in [9.17, 15) is 18.0 Å². The van der Waals surface area contributed by atoms with Crippen LogP contribution in [0.4, 0.5) is 18.9 Å². The summed E-state index contributed by atoms with van der Waals surface area (Å²) in [5.41, 5.74) is 1.03. The van der Waals surface area contributed by atoms with Gasteiger partial charge in [0.2, 0.25) is 0 Å². The van der Waals surface area contributed by atoms with E-state index in [4.69, 9.17) is 0 Å². The minimum absolute atomic E-state index is 0.0278. The Balaban J connectivity index is 1.88. The molecule has 1 aromatic carbocycles. The second kappa shape index (κ2) is 6.42.